The van der Waals surface area contributed by atoms with Gasteiger partial charge in [-0.15, -0.1) is 24.8 Å². The second-order valence-electron chi connectivity index (χ2n) is 2.01. The Morgan fingerprint density at radius 3 is 2.30 bits per heavy atom. The molecule has 1 fully saturated rings. The normalized spacial score (nSPS) is 26.4. The molecule has 1 unspecified atom stereocenters. The first-order chi connectivity index (χ1) is 3.80. The second kappa shape index (κ2) is 6.15. The molecule has 1 atom stereocenters. The summed E-state index contributed by atoms with van der Waals surface area (Å²) in [5.41, 5.74) is 5.52. The van der Waals surface area contributed by atoms with Gasteiger partial charge in [-0.2, -0.15) is 0 Å². The number of piperazine rings is 1. The van der Waals surface area contributed by atoms with E-state index in [0.717, 1.165) is 19.6 Å². The summed E-state index contributed by atoms with van der Waals surface area (Å²) < 4.78 is 0. The second-order valence-corrected chi connectivity index (χ2v) is 2.01. The van der Waals surface area contributed by atoms with Crippen molar-refractivity contribution in [3.8, 4) is 0 Å². The van der Waals surface area contributed by atoms with Gasteiger partial charge in [-0.1, -0.05) is 0 Å². The van der Waals surface area contributed by atoms with Crippen molar-refractivity contribution in [1.29, 1.82) is 0 Å². The number of nitrogens with zero attached hydrogens (tertiary/aromatic N) is 1. The topological polar surface area (TPSA) is 67.3 Å². The van der Waals surface area contributed by atoms with Crippen molar-refractivity contribution in [2.75, 3.05) is 19.6 Å². The maximum Gasteiger partial charge on any atom is 0.0832 e. The lowest BCUT2D eigenvalue weighted by atomic mass is 10.4. The van der Waals surface area contributed by atoms with Gasteiger partial charge in [-0.05, 0) is 0 Å². The molecule has 0 aromatic rings. The van der Waals surface area contributed by atoms with E-state index in [2.05, 4.69) is 5.32 Å². The van der Waals surface area contributed by atoms with Crippen molar-refractivity contribution in [2.24, 2.45) is 11.6 Å². The molecule has 0 aromatic heterocycles. The Kier molecular flexibility index (Phi) is 8.02. The van der Waals surface area contributed by atoms with E-state index in [0.29, 0.717) is 0 Å². The van der Waals surface area contributed by atoms with Crippen LogP contribution in [0.1, 0.15) is 0 Å². The zero-order valence-corrected chi connectivity index (χ0v) is 7.25. The fraction of sp³-hybridized carbons (Fsp3) is 1.00. The van der Waals surface area contributed by atoms with Gasteiger partial charge in [0, 0.05) is 19.6 Å². The maximum atomic E-state index is 5.52. The van der Waals surface area contributed by atoms with Crippen molar-refractivity contribution in [1.82, 2.24) is 10.3 Å². The van der Waals surface area contributed by atoms with Gasteiger partial charge in [0.2, 0.25) is 0 Å². The summed E-state index contributed by atoms with van der Waals surface area (Å²) in [5, 5.41) is 4.77. The van der Waals surface area contributed by atoms with E-state index in [9.17, 15) is 0 Å². The molecule has 0 aromatic carbocycles. The van der Waals surface area contributed by atoms with Crippen LogP contribution in [0.3, 0.4) is 0 Å². The minimum atomic E-state index is 0. The molecule has 1 aliphatic heterocycles. The molecule has 1 rings (SSSR count). The largest absolute Gasteiger partial charge is 0.314 e. The van der Waals surface area contributed by atoms with Crippen LogP contribution in [-0.2, 0) is 0 Å². The van der Waals surface area contributed by atoms with E-state index < -0.39 is 0 Å². The quantitative estimate of drug-likeness (QED) is 0.423. The number of rotatable bonds is 0. The van der Waals surface area contributed by atoms with Gasteiger partial charge in [0.05, 0.1) is 6.17 Å². The standard InChI is InChI=1S/C4H12N4.2ClH/c5-4-3-7-1-2-8(4)6;;/h4,7H,1-3,5-6H2;2*1H. The SMILES string of the molecule is Cl.Cl.NC1CNCCN1N. The van der Waals surface area contributed by atoms with Crippen LogP contribution in [0.5, 0.6) is 0 Å². The highest BCUT2D eigenvalue weighted by Crippen LogP contribution is 1.86. The van der Waals surface area contributed by atoms with E-state index >= 15 is 0 Å². The number of hydrazine groups is 1. The fourth-order valence-electron chi connectivity index (χ4n) is 0.741. The van der Waals surface area contributed by atoms with Gasteiger partial charge in [-0.3, -0.25) is 5.84 Å². The van der Waals surface area contributed by atoms with Crippen LogP contribution in [-0.4, -0.2) is 30.8 Å². The van der Waals surface area contributed by atoms with Gasteiger partial charge >= 0.3 is 0 Å². The first-order valence-electron chi connectivity index (χ1n) is 2.78. The van der Waals surface area contributed by atoms with Crippen LogP contribution < -0.4 is 16.9 Å². The van der Waals surface area contributed by atoms with E-state index in [1.807, 2.05) is 0 Å². The molecule has 0 aliphatic carbocycles. The average molecular weight is 189 g/mol. The Morgan fingerprint density at radius 2 is 2.00 bits per heavy atom. The highest BCUT2D eigenvalue weighted by atomic mass is 35.5. The minimum absolute atomic E-state index is 0. The predicted octanol–water partition coefficient (Wildman–Crippen LogP) is -1.11. The third-order valence-electron chi connectivity index (χ3n) is 1.33. The summed E-state index contributed by atoms with van der Waals surface area (Å²) in [7, 11) is 0. The van der Waals surface area contributed by atoms with Crippen LogP contribution in [0.15, 0.2) is 0 Å². The van der Waals surface area contributed by atoms with Gasteiger partial charge in [0.15, 0.2) is 0 Å². The summed E-state index contributed by atoms with van der Waals surface area (Å²) >= 11 is 0. The van der Waals surface area contributed by atoms with Gasteiger partial charge in [0.25, 0.3) is 0 Å². The number of halogens is 2. The van der Waals surface area contributed by atoms with Crippen LogP contribution in [0, 0.1) is 0 Å². The molecule has 1 heterocycles. The lowest BCUT2D eigenvalue weighted by molar-refractivity contribution is 0.168. The van der Waals surface area contributed by atoms with Crippen LogP contribution in [0.4, 0.5) is 0 Å². The maximum absolute atomic E-state index is 5.52. The van der Waals surface area contributed by atoms with Crippen molar-refractivity contribution in [3.63, 3.8) is 0 Å². The molecule has 0 saturated carbocycles. The number of hydrogen-bond donors (Lipinski definition) is 3. The fourth-order valence-corrected chi connectivity index (χ4v) is 0.741. The molecular formula is C4H14Cl2N4. The monoisotopic (exact) mass is 188 g/mol. The smallest absolute Gasteiger partial charge is 0.0832 e. The molecule has 0 spiro atoms. The number of hydrogen-bond acceptors (Lipinski definition) is 4. The zero-order valence-electron chi connectivity index (χ0n) is 5.62. The minimum Gasteiger partial charge on any atom is -0.314 e. The van der Waals surface area contributed by atoms with Crippen LogP contribution >= 0.6 is 24.8 Å². The molecule has 5 N–H and O–H groups in total. The Hall–Kier alpha value is 0.420. The molecule has 0 radical (unpaired) electrons. The summed E-state index contributed by atoms with van der Waals surface area (Å²) in [5.74, 6) is 5.45. The molecule has 6 heteroatoms. The predicted molar refractivity (Wildman–Crippen MR) is 46.2 cm³/mol. The van der Waals surface area contributed by atoms with E-state index in [1.54, 1.807) is 5.01 Å². The summed E-state index contributed by atoms with van der Waals surface area (Å²) in [6.45, 7) is 2.60. The zero-order chi connectivity index (χ0) is 5.98. The number of nitrogens with two attached hydrogens (primary N) is 2. The molecular weight excluding hydrogens is 175 g/mol. The van der Waals surface area contributed by atoms with E-state index in [4.69, 9.17) is 11.6 Å². The van der Waals surface area contributed by atoms with Gasteiger partial charge < -0.3 is 11.1 Å². The third-order valence-corrected chi connectivity index (χ3v) is 1.33. The van der Waals surface area contributed by atoms with E-state index in [1.165, 1.54) is 0 Å². The molecule has 10 heavy (non-hydrogen) atoms. The molecule has 4 nitrogen and oxygen atoms in total. The highest BCUT2D eigenvalue weighted by Gasteiger charge is 2.12. The highest BCUT2D eigenvalue weighted by molar-refractivity contribution is 5.85. The lowest BCUT2D eigenvalue weighted by Crippen LogP contribution is -2.58. The molecule has 1 aliphatic rings. The van der Waals surface area contributed by atoms with E-state index in [-0.39, 0.29) is 31.0 Å². The van der Waals surface area contributed by atoms with Crippen molar-refractivity contribution >= 4 is 24.8 Å². The number of nitrogens with one attached hydrogen (secondary N) is 1. The first-order valence-corrected chi connectivity index (χ1v) is 2.78. The van der Waals surface area contributed by atoms with Crippen molar-refractivity contribution in [3.05, 3.63) is 0 Å². The Bertz CT molecular complexity index is 71.7. The third kappa shape index (κ3) is 3.55. The van der Waals surface area contributed by atoms with Gasteiger partial charge in [0.1, 0.15) is 0 Å². The Labute approximate surface area is 73.1 Å². The molecule has 0 amide bonds. The molecule has 64 valence electrons. The van der Waals surface area contributed by atoms with Crippen LogP contribution in [0.2, 0.25) is 0 Å². The summed E-state index contributed by atoms with van der Waals surface area (Å²) in [4.78, 5) is 0. The van der Waals surface area contributed by atoms with Crippen molar-refractivity contribution < 1.29 is 0 Å². The van der Waals surface area contributed by atoms with Crippen LogP contribution in [0.25, 0.3) is 0 Å². The van der Waals surface area contributed by atoms with Gasteiger partial charge in [-0.25, -0.2) is 5.01 Å². The lowest BCUT2D eigenvalue weighted by Gasteiger charge is -2.28. The molecule has 1 saturated heterocycles. The first kappa shape index (κ1) is 13.0. The van der Waals surface area contributed by atoms with Crippen molar-refractivity contribution in [2.45, 2.75) is 6.17 Å². The average Bonchev–Trinajstić information content (AvgIpc) is 1.77. The summed E-state index contributed by atoms with van der Waals surface area (Å²) in [6, 6.07) is 0. The Morgan fingerprint density at radius 1 is 1.40 bits per heavy atom. The Balaban J connectivity index is 0. The molecule has 0 bridgehead atoms. The summed E-state index contributed by atoms with van der Waals surface area (Å²) in [6.07, 6.45) is 0.00347.